The number of nitro groups is 1. The van der Waals surface area contributed by atoms with Gasteiger partial charge in [0.25, 0.3) is 5.69 Å². The molecule has 0 aliphatic heterocycles. The highest BCUT2D eigenvalue weighted by atomic mass is 35.5. The summed E-state index contributed by atoms with van der Waals surface area (Å²) in [5, 5.41) is 19.9. The number of rotatable bonds is 7. The van der Waals surface area contributed by atoms with E-state index in [0.29, 0.717) is 24.7 Å². The van der Waals surface area contributed by atoms with E-state index >= 15 is 0 Å². The lowest BCUT2D eigenvalue weighted by atomic mass is 10.2. The van der Waals surface area contributed by atoms with Crippen LogP contribution in [0.25, 0.3) is 0 Å². The zero-order valence-electron chi connectivity index (χ0n) is 9.88. The summed E-state index contributed by atoms with van der Waals surface area (Å²) < 4.78 is 0. The lowest BCUT2D eigenvalue weighted by Gasteiger charge is -2.19. The van der Waals surface area contributed by atoms with Crippen LogP contribution in [0.2, 0.25) is 5.02 Å². The molecule has 0 spiro atoms. The van der Waals surface area contributed by atoms with E-state index in [9.17, 15) is 10.1 Å². The van der Waals surface area contributed by atoms with Gasteiger partial charge >= 0.3 is 0 Å². The molecule has 0 aromatic heterocycles. The van der Waals surface area contributed by atoms with Crippen LogP contribution in [0.4, 0.5) is 5.69 Å². The fourth-order valence-electron chi connectivity index (χ4n) is 1.58. The van der Waals surface area contributed by atoms with Crippen LogP contribution >= 0.6 is 11.6 Å². The first kappa shape index (κ1) is 14.6. The molecular weight excluding hydrogens is 256 g/mol. The number of halogens is 1. The summed E-state index contributed by atoms with van der Waals surface area (Å²) in [6.07, 6.45) is 1.73. The Morgan fingerprint density at radius 3 is 2.78 bits per heavy atom. The molecule has 0 saturated heterocycles. The second-order valence-corrected chi connectivity index (χ2v) is 4.19. The summed E-state index contributed by atoms with van der Waals surface area (Å²) in [6, 6.07) is 4.39. The van der Waals surface area contributed by atoms with Gasteiger partial charge in [0.1, 0.15) is 0 Å². The molecule has 0 bridgehead atoms. The van der Waals surface area contributed by atoms with Gasteiger partial charge in [-0.05, 0) is 11.6 Å². The molecule has 6 heteroatoms. The molecule has 1 aromatic rings. The van der Waals surface area contributed by atoms with Gasteiger partial charge in [0, 0.05) is 31.8 Å². The molecule has 0 aliphatic rings. The minimum Gasteiger partial charge on any atom is -0.395 e. The molecule has 98 valence electrons. The number of hydrogen-bond donors (Lipinski definition) is 1. The summed E-state index contributed by atoms with van der Waals surface area (Å²) in [6.45, 7) is 5.31. The van der Waals surface area contributed by atoms with Crippen molar-refractivity contribution in [1.29, 1.82) is 0 Å². The molecule has 0 amide bonds. The zero-order valence-corrected chi connectivity index (χ0v) is 10.6. The van der Waals surface area contributed by atoms with E-state index < -0.39 is 4.92 Å². The Balaban J connectivity index is 2.82. The first-order chi connectivity index (χ1) is 8.58. The van der Waals surface area contributed by atoms with Gasteiger partial charge in [-0.1, -0.05) is 17.7 Å². The van der Waals surface area contributed by atoms with E-state index in [2.05, 4.69) is 6.58 Å². The Bertz CT molecular complexity index is 437. The molecule has 0 fully saturated rings. The van der Waals surface area contributed by atoms with Gasteiger partial charge in [0.05, 0.1) is 16.6 Å². The first-order valence-electron chi connectivity index (χ1n) is 5.45. The zero-order chi connectivity index (χ0) is 13.5. The van der Waals surface area contributed by atoms with Crippen LogP contribution in [0.5, 0.6) is 0 Å². The molecule has 1 rings (SSSR count). The topological polar surface area (TPSA) is 66.6 Å². The fourth-order valence-corrected chi connectivity index (χ4v) is 1.81. The Morgan fingerprint density at radius 2 is 2.28 bits per heavy atom. The highest BCUT2D eigenvalue weighted by molar-refractivity contribution is 6.31. The van der Waals surface area contributed by atoms with Crippen molar-refractivity contribution in [2.75, 3.05) is 19.7 Å². The third-order valence-electron chi connectivity index (χ3n) is 2.44. The normalized spacial score (nSPS) is 10.6. The molecule has 5 nitrogen and oxygen atoms in total. The number of nitro benzene ring substituents is 1. The van der Waals surface area contributed by atoms with Gasteiger partial charge in [-0.25, -0.2) is 0 Å². The molecule has 1 N–H and O–H groups in total. The molecule has 0 saturated carbocycles. The highest BCUT2D eigenvalue weighted by Gasteiger charge is 2.11. The van der Waals surface area contributed by atoms with Crippen LogP contribution < -0.4 is 0 Å². The third-order valence-corrected chi connectivity index (χ3v) is 2.80. The summed E-state index contributed by atoms with van der Waals surface area (Å²) in [5.41, 5.74) is 0.763. The predicted octanol–water partition coefficient (Wildman–Crippen LogP) is 2.23. The lowest BCUT2D eigenvalue weighted by Crippen LogP contribution is -2.26. The van der Waals surface area contributed by atoms with Crippen molar-refractivity contribution in [3.05, 3.63) is 51.6 Å². The van der Waals surface area contributed by atoms with Crippen molar-refractivity contribution >= 4 is 17.3 Å². The highest BCUT2D eigenvalue weighted by Crippen LogP contribution is 2.23. The van der Waals surface area contributed by atoms with Crippen molar-refractivity contribution in [2.45, 2.75) is 6.54 Å². The lowest BCUT2D eigenvalue weighted by molar-refractivity contribution is -0.384. The van der Waals surface area contributed by atoms with Gasteiger partial charge in [0.15, 0.2) is 0 Å². The number of benzene rings is 1. The van der Waals surface area contributed by atoms with E-state index in [4.69, 9.17) is 16.7 Å². The minimum atomic E-state index is -0.481. The molecule has 1 aromatic carbocycles. The maximum absolute atomic E-state index is 10.6. The van der Waals surface area contributed by atoms with Gasteiger partial charge < -0.3 is 5.11 Å². The van der Waals surface area contributed by atoms with Gasteiger partial charge in [-0.2, -0.15) is 0 Å². The van der Waals surface area contributed by atoms with Crippen LogP contribution in [0.1, 0.15) is 5.56 Å². The maximum atomic E-state index is 10.6. The van der Waals surface area contributed by atoms with Crippen molar-refractivity contribution in [2.24, 2.45) is 0 Å². The molecular formula is C12H15ClN2O3. The number of non-ortho nitro benzene ring substituents is 1. The molecule has 18 heavy (non-hydrogen) atoms. The van der Waals surface area contributed by atoms with Crippen LogP contribution in [-0.2, 0) is 6.54 Å². The number of hydrogen-bond acceptors (Lipinski definition) is 4. The summed E-state index contributed by atoms with van der Waals surface area (Å²) in [4.78, 5) is 12.0. The quantitative estimate of drug-likeness (QED) is 0.469. The molecule has 0 radical (unpaired) electrons. The number of aliphatic hydroxyl groups excluding tert-OH is 1. The second kappa shape index (κ2) is 7.10. The fraction of sp³-hybridized carbons (Fsp3) is 0.333. The Kier molecular flexibility index (Phi) is 5.77. The molecule has 0 atom stereocenters. The van der Waals surface area contributed by atoms with Gasteiger partial charge in [0.2, 0.25) is 0 Å². The number of aliphatic hydroxyl groups is 1. The van der Waals surface area contributed by atoms with Crippen molar-refractivity contribution in [1.82, 2.24) is 4.90 Å². The Hall–Kier alpha value is -1.43. The second-order valence-electron chi connectivity index (χ2n) is 3.78. The van der Waals surface area contributed by atoms with Crippen molar-refractivity contribution in [3.63, 3.8) is 0 Å². The van der Waals surface area contributed by atoms with Crippen LogP contribution in [-0.4, -0.2) is 34.6 Å². The minimum absolute atomic E-state index is 0.0267. The van der Waals surface area contributed by atoms with E-state index in [-0.39, 0.29) is 12.3 Å². The van der Waals surface area contributed by atoms with E-state index in [1.54, 1.807) is 12.1 Å². The van der Waals surface area contributed by atoms with Crippen molar-refractivity contribution in [3.8, 4) is 0 Å². The summed E-state index contributed by atoms with van der Waals surface area (Å²) in [5.74, 6) is 0. The molecule has 0 aliphatic carbocycles. The van der Waals surface area contributed by atoms with E-state index in [1.165, 1.54) is 12.1 Å². The standard InChI is InChI=1S/C12H15ClN2O3/c1-2-5-14(6-7-16)9-10-3-4-11(15(17)18)8-12(10)13/h2-4,8,16H,1,5-7,9H2. The predicted molar refractivity (Wildman–Crippen MR) is 70.7 cm³/mol. The Morgan fingerprint density at radius 1 is 1.56 bits per heavy atom. The third kappa shape index (κ3) is 4.10. The average Bonchev–Trinajstić information content (AvgIpc) is 2.32. The van der Waals surface area contributed by atoms with Crippen LogP contribution in [0.15, 0.2) is 30.9 Å². The van der Waals surface area contributed by atoms with E-state index in [1.807, 2.05) is 4.90 Å². The van der Waals surface area contributed by atoms with Gasteiger partial charge in [-0.15, -0.1) is 6.58 Å². The van der Waals surface area contributed by atoms with Crippen LogP contribution in [0, 0.1) is 10.1 Å². The monoisotopic (exact) mass is 270 g/mol. The van der Waals surface area contributed by atoms with Crippen molar-refractivity contribution < 1.29 is 10.0 Å². The maximum Gasteiger partial charge on any atom is 0.270 e. The molecule has 0 heterocycles. The van der Waals surface area contributed by atoms with Crippen LogP contribution in [0.3, 0.4) is 0 Å². The first-order valence-corrected chi connectivity index (χ1v) is 5.83. The largest absolute Gasteiger partial charge is 0.395 e. The van der Waals surface area contributed by atoms with E-state index in [0.717, 1.165) is 5.56 Å². The number of nitrogens with zero attached hydrogens (tertiary/aromatic N) is 2. The SMILES string of the molecule is C=CCN(CCO)Cc1ccc([N+](=O)[O-])cc1Cl. The van der Waals surface area contributed by atoms with Gasteiger partial charge in [-0.3, -0.25) is 15.0 Å². The average molecular weight is 271 g/mol. The molecule has 0 unspecified atom stereocenters. The summed E-state index contributed by atoms with van der Waals surface area (Å²) >= 11 is 6.00. The summed E-state index contributed by atoms with van der Waals surface area (Å²) in [7, 11) is 0. The smallest absolute Gasteiger partial charge is 0.270 e. The Labute approximate surface area is 110 Å².